The van der Waals surface area contributed by atoms with Crippen LogP contribution < -0.4 is 5.43 Å². The van der Waals surface area contributed by atoms with E-state index in [4.69, 9.17) is 0 Å². The number of allylic oxidation sites excluding steroid dienone is 2. The van der Waals surface area contributed by atoms with E-state index in [1.54, 1.807) is 30.7 Å². The van der Waals surface area contributed by atoms with E-state index in [-0.39, 0.29) is 23.6 Å². The minimum Gasteiger partial charge on any atom is -0.273 e. The lowest BCUT2D eigenvalue weighted by atomic mass is 9.75. The third-order valence-electron chi connectivity index (χ3n) is 4.46. The molecule has 128 valence electrons. The van der Waals surface area contributed by atoms with Gasteiger partial charge in [0.15, 0.2) is 0 Å². The standard InChI is InChI=1S/C20H20FN3O/c1-14-4-9-18(19(11-14)16-5-7-17(21)8-6-16)20(25)24-23-13-15-3-2-10-22-12-15/h2-8,10,12-13,18-19H,9,11H2,1H3,(H,24,25). The molecule has 0 saturated carbocycles. The fraction of sp³-hybridized carbons (Fsp3) is 0.250. The summed E-state index contributed by atoms with van der Waals surface area (Å²) in [5.41, 5.74) is 5.67. The summed E-state index contributed by atoms with van der Waals surface area (Å²) in [6, 6.07) is 10.1. The Kier molecular flexibility index (Phi) is 5.33. The molecule has 3 rings (SSSR count). The van der Waals surface area contributed by atoms with Gasteiger partial charge < -0.3 is 0 Å². The molecule has 0 fully saturated rings. The van der Waals surface area contributed by atoms with Crippen molar-refractivity contribution in [3.05, 3.63) is 77.4 Å². The maximum Gasteiger partial charge on any atom is 0.244 e. The van der Waals surface area contributed by atoms with Crippen LogP contribution in [-0.2, 0) is 4.79 Å². The Hall–Kier alpha value is -2.82. The minimum absolute atomic E-state index is 0.0270. The molecular weight excluding hydrogens is 317 g/mol. The normalized spacial score (nSPS) is 20.3. The largest absolute Gasteiger partial charge is 0.273 e. The molecule has 5 heteroatoms. The number of nitrogens with one attached hydrogen (secondary N) is 1. The molecule has 1 aromatic heterocycles. The molecule has 1 aromatic carbocycles. The number of hydrogen-bond donors (Lipinski definition) is 1. The van der Waals surface area contributed by atoms with Crippen LogP contribution in [0.15, 0.2) is 65.5 Å². The predicted molar refractivity (Wildman–Crippen MR) is 95.6 cm³/mol. The minimum atomic E-state index is -0.270. The number of amides is 1. The van der Waals surface area contributed by atoms with Gasteiger partial charge in [-0.05, 0) is 49.4 Å². The summed E-state index contributed by atoms with van der Waals surface area (Å²) in [7, 11) is 0. The smallest absolute Gasteiger partial charge is 0.244 e. The number of hydrogen-bond acceptors (Lipinski definition) is 3. The highest BCUT2D eigenvalue weighted by molar-refractivity contribution is 5.83. The first kappa shape index (κ1) is 17.0. The van der Waals surface area contributed by atoms with Gasteiger partial charge in [-0.25, -0.2) is 9.82 Å². The molecule has 0 spiro atoms. The number of pyridine rings is 1. The van der Waals surface area contributed by atoms with Gasteiger partial charge in [-0.3, -0.25) is 9.78 Å². The van der Waals surface area contributed by atoms with Gasteiger partial charge >= 0.3 is 0 Å². The van der Waals surface area contributed by atoms with Gasteiger partial charge in [-0.15, -0.1) is 0 Å². The average molecular weight is 337 g/mol. The van der Waals surface area contributed by atoms with Gasteiger partial charge in [-0.2, -0.15) is 5.10 Å². The van der Waals surface area contributed by atoms with Crippen molar-refractivity contribution in [1.29, 1.82) is 0 Å². The lowest BCUT2D eigenvalue weighted by molar-refractivity contribution is -0.125. The first-order valence-electron chi connectivity index (χ1n) is 8.27. The summed E-state index contributed by atoms with van der Waals surface area (Å²) in [5, 5.41) is 4.03. The van der Waals surface area contributed by atoms with Crippen molar-refractivity contribution in [2.24, 2.45) is 11.0 Å². The fourth-order valence-electron chi connectivity index (χ4n) is 3.12. The molecule has 0 radical (unpaired) electrons. The molecule has 1 N–H and O–H groups in total. The topological polar surface area (TPSA) is 54.4 Å². The zero-order valence-electron chi connectivity index (χ0n) is 14.0. The van der Waals surface area contributed by atoms with Crippen molar-refractivity contribution in [3.63, 3.8) is 0 Å². The highest BCUT2D eigenvalue weighted by Crippen LogP contribution is 2.37. The molecule has 0 bridgehead atoms. The van der Waals surface area contributed by atoms with Crippen molar-refractivity contribution < 1.29 is 9.18 Å². The van der Waals surface area contributed by atoms with Crippen molar-refractivity contribution in [1.82, 2.24) is 10.4 Å². The molecule has 2 atom stereocenters. The number of aromatic nitrogens is 1. The number of halogens is 1. The third-order valence-corrected chi connectivity index (χ3v) is 4.46. The Balaban J connectivity index is 1.72. The lowest BCUT2D eigenvalue weighted by Crippen LogP contribution is -2.33. The molecule has 2 aromatic rings. The number of carbonyl (C=O) groups excluding carboxylic acids is 1. The van der Waals surface area contributed by atoms with Gasteiger partial charge in [0.2, 0.25) is 5.91 Å². The SMILES string of the molecule is CC1=CCC(C(=O)NN=Cc2cccnc2)C(c2ccc(F)cc2)C1. The van der Waals surface area contributed by atoms with E-state index in [1.807, 2.05) is 12.1 Å². The third kappa shape index (κ3) is 4.38. The first-order valence-corrected chi connectivity index (χ1v) is 8.27. The van der Waals surface area contributed by atoms with Crippen LogP contribution in [0.5, 0.6) is 0 Å². The number of hydrazone groups is 1. The maximum atomic E-state index is 13.2. The van der Waals surface area contributed by atoms with E-state index < -0.39 is 0 Å². The number of rotatable bonds is 4. The van der Waals surface area contributed by atoms with Crippen LogP contribution in [0, 0.1) is 11.7 Å². The molecule has 0 aliphatic heterocycles. The number of carbonyl (C=O) groups is 1. The Bertz CT molecular complexity index is 784. The van der Waals surface area contributed by atoms with Crippen LogP contribution in [-0.4, -0.2) is 17.1 Å². The fourth-order valence-corrected chi connectivity index (χ4v) is 3.12. The summed E-state index contributed by atoms with van der Waals surface area (Å²) < 4.78 is 13.2. The number of nitrogens with zero attached hydrogens (tertiary/aromatic N) is 2. The molecule has 1 aliphatic carbocycles. The molecular formula is C20H20FN3O. The van der Waals surface area contributed by atoms with Crippen molar-refractivity contribution in [3.8, 4) is 0 Å². The van der Waals surface area contributed by atoms with Gasteiger partial charge in [0, 0.05) is 18.0 Å². The van der Waals surface area contributed by atoms with Crippen molar-refractivity contribution in [2.45, 2.75) is 25.7 Å². The van der Waals surface area contributed by atoms with E-state index in [1.165, 1.54) is 17.7 Å². The molecule has 1 aliphatic rings. The highest BCUT2D eigenvalue weighted by atomic mass is 19.1. The quantitative estimate of drug-likeness (QED) is 0.524. The summed E-state index contributed by atoms with van der Waals surface area (Å²) in [6.45, 7) is 2.06. The van der Waals surface area contributed by atoms with Crippen LogP contribution in [0.2, 0.25) is 0 Å². The van der Waals surface area contributed by atoms with Crippen molar-refractivity contribution >= 4 is 12.1 Å². The zero-order valence-corrected chi connectivity index (χ0v) is 14.0. The summed E-state index contributed by atoms with van der Waals surface area (Å²) >= 11 is 0. The molecule has 1 heterocycles. The van der Waals surface area contributed by atoms with Gasteiger partial charge in [0.25, 0.3) is 0 Å². The molecule has 4 nitrogen and oxygen atoms in total. The van der Waals surface area contributed by atoms with Gasteiger partial charge in [0.05, 0.1) is 12.1 Å². The second kappa shape index (κ2) is 7.83. The van der Waals surface area contributed by atoms with E-state index >= 15 is 0 Å². The summed E-state index contributed by atoms with van der Waals surface area (Å²) in [4.78, 5) is 16.6. The predicted octanol–water partition coefficient (Wildman–Crippen LogP) is 3.81. The number of benzene rings is 1. The molecule has 1 amide bonds. The molecule has 25 heavy (non-hydrogen) atoms. The first-order chi connectivity index (χ1) is 12.1. The lowest BCUT2D eigenvalue weighted by Gasteiger charge is -2.29. The van der Waals surface area contributed by atoms with Gasteiger partial charge in [-0.1, -0.05) is 29.8 Å². The average Bonchev–Trinajstić information content (AvgIpc) is 2.63. The van der Waals surface area contributed by atoms with Gasteiger partial charge in [0.1, 0.15) is 5.82 Å². The van der Waals surface area contributed by atoms with E-state index in [9.17, 15) is 9.18 Å². The Morgan fingerprint density at radius 3 is 2.84 bits per heavy atom. The summed E-state index contributed by atoms with van der Waals surface area (Å²) in [5.74, 6) is -0.591. The van der Waals surface area contributed by atoms with Crippen LogP contribution in [0.3, 0.4) is 0 Å². The molecule has 2 unspecified atom stereocenters. The van der Waals surface area contributed by atoms with E-state index in [0.717, 1.165) is 17.5 Å². The zero-order chi connectivity index (χ0) is 17.6. The van der Waals surface area contributed by atoms with Crippen LogP contribution >= 0.6 is 0 Å². The summed E-state index contributed by atoms with van der Waals surface area (Å²) in [6.07, 6.45) is 8.46. The Morgan fingerprint density at radius 2 is 2.12 bits per heavy atom. The van der Waals surface area contributed by atoms with Crippen LogP contribution in [0.4, 0.5) is 4.39 Å². The highest BCUT2D eigenvalue weighted by Gasteiger charge is 2.31. The second-order valence-electron chi connectivity index (χ2n) is 6.28. The second-order valence-corrected chi connectivity index (χ2v) is 6.28. The Labute approximate surface area is 146 Å². The van der Waals surface area contributed by atoms with E-state index in [0.29, 0.717) is 6.42 Å². The van der Waals surface area contributed by atoms with Crippen LogP contribution in [0.1, 0.15) is 36.8 Å². The maximum absolute atomic E-state index is 13.2. The van der Waals surface area contributed by atoms with Crippen LogP contribution in [0.25, 0.3) is 0 Å². The van der Waals surface area contributed by atoms with E-state index in [2.05, 4.69) is 28.5 Å². The van der Waals surface area contributed by atoms with Crippen molar-refractivity contribution in [2.75, 3.05) is 0 Å². The monoisotopic (exact) mass is 337 g/mol. The molecule has 0 saturated heterocycles. The Morgan fingerprint density at radius 1 is 1.32 bits per heavy atom.